The van der Waals surface area contributed by atoms with Crippen LogP contribution in [0.5, 0.6) is 11.5 Å². The highest BCUT2D eigenvalue weighted by Gasteiger charge is 2.20. The molecule has 4 nitrogen and oxygen atoms in total. The van der Waals surface area contributed by atoms with Gasteiger partial charge < -0.3 is 14.8 Å². The third kappa shape index (κ3) is 2.55. The summed E-state index contributed by atoms with van der Waals surface area (Å²) in [5.41, 5.74) is 5.63. The summed E-state index contributed by atoms with van der Waals surface area (Å²) in [7, 11) is 3.29. The summed E-state index contributed by atoms with van der Waals surface area (Å²) >= 11 is 1.90. The molecule has 3 aromatic rings. The molecular formula is C19H18N2O2S. The Kier molecular flexibility index (Phi) is 3.94. The van der Waals surface area contributed by atoms with Crippen molar-refractivity contribution in [3.63, 3.8) is 0 Å². The van der Waals surface area contributed by atoms with Crippen LogP contribution >= 0.6 is 11.8 Å². The van der Waals surface area contributed by atoms with Crippen molar-refractivity contribution in [3.8, 4) is 11.5 Å². The van der Waals surface area contributed by atoms with Crippen LogP contribution in [0.1, 0.15) is 11.3 Å². The highest BCUT2D eigenvalue weighted by Crippen LogP contribution is 2.40. The molecule has 0 spiro atoms. The Hall–Kier alpha value is -2.40. The van der Waals surface area contributed by atoms with Gasteiger partial charge in [-0.25, -0.2) is 0 Å². The van der Waals surface area contributed by atoms with E-state index in [0.717, 1.165) is 39.5 Å². The molecule has 4 rings (SSSR count). The highest BCUT2D eigenvalue weighted by molar-refractivity contribution is 7.98. The van der Waals surface area contributed by atoms with E-state index < -0.39 is 0 Å². The molecule has 1 aromatic heterocycles. The van der Waals surface area contributed by atoms with Crippen LogP contribution in [0.3, 0.4) is 0 Å². The minimum atomic E-state index is 0.715. The zero-order valence-corrected chi connectivity index (χ0v) is 14.4. The number of hydrogen-bond donors (Lipinski definition) is 1. The summed E-state index contributed by atoms with van der Waals surface area (Å²) in [6.45, 7) is 0. The summed E-state index contributed by atoms with van der Waals surface area (Å²) in [5, 5.41) is 4.73. The van der Waals surface area contributed by atoms with Gasteiger partial charge in [0.25, 0.3) is 0 Å². The summed E-state index contributed by atoms with van der Waals surface area (Å²) in [6.07, 6.45) is 0. The molecule has 0 saturated heterocycles. The lowest BCUT2D eigenvalue weighted by atomic mass is 10.1. The quantitative estimate of drug-likeness (QED) is 0.744. The third-order valence-electron chi connectivity index (χ3n) is 4.22. The number of thioether (sulfide) groups is 1. The molecule has 0 aliphatic carbocycles. The van der Waals surface area contributed by atoms with Gasteiger partial charge in [0.2, 0.25) is 0 Å². The maximum absolute atomic E-state index is 5.41. The van der Waals surface area contributed by atoms with Gasteiger partial charge in [-0.2, -0.15) is 11.8 Å². The molecule has 0 bridgehead atoms. The molecule has 1 aliphatic heterocycles. The molecule has 0 radical (unpaired) electrons. The average Bonchev–Trinajstić information content (AvgIpc) is 3.09. The first-order valence-corrected chi connectivity index (χ1v) is 8.93. The van der Waals surface area contributed by atoms with Gasteiger partial charge in [0, 0.05) is 34.2 Å². The van der Waals surface area contributed by atoms with E-state index in [1.807, 2.05) is 36.0 Å². The molecule has 24 heavy (non-hydrogen) atoms. The van der Waals surface area contributed by atoms with Crippen molar-refractivity contribution in [1.29, 1.82) is 0 Å². The Bertz CT molecular complexity index is 911. The maximum atomic E-state index is 5.41. The van der Waals surface area contributed by atoms with Crippen LogP contribution in [-0.2, 0) is 11.5 Å². The van der Waals surface area contributed by atoms with E-state index in [1.54, 1.807) is 14.2 Å². The van der Waals surface area contributed by atoms with E-state index in [9.17, 15) is 0 Å². The van der Waals surface area contributed by atoms with Crippen molar-refractivity contribution in [2.75, 3.05) is 19.5 Å². The number of para-hydroxylation sites is 1. The topological polar surface area (TPSA) is 43.4 Å². The minimum absolute atomic E-state index is 0.715. The van der Waals surface area contributed by atoms with Gasteiger partial charge in [-0.3, -0.25) is 4.98 Å². The number of ether oxygens (including phenoxy) is 2. The number of nitrogens with zero attached hydrogens (tertiary/aromatic N) is 1. The number of methoxy groups -OCH3 is 2. The molecule has 0 saturated carbocycles. The predicted molar refractivity (Wildman–Crippen MR) is 99.6 cm³/mol. The fourth-order valence-electron chi connectivity index (χ4n) is 3.03. The summed E-state index contributed by atoms with van der Waals surface area (Å²) in [6, 6.07) is 14.2. The van der Waals surface area contributed by atoms with Gasteiger partial charge in [-0.15, -0.1) is 0 Å². The van der Waals surface area contributed by atoms with Gasteiger partial charge >= 0.3 is 0 Å². The lowest BCUT2D eigenvalue weighted by Gasteiger charge is -2.16. The summed E-state index contributed by atoms with van der Waals surface area (Å²) < 4.78 is 10.7. The third-order valence-corrected chi connectivity index (χ3v) is 5.19. The van der Waals surface area contributed by atoms with Crippen LogP contribution in [0.15, 0.2) is 42.5 Å². The normalized spacial score (nSPS) is 12.9. The zero-order valence-electron chi connectivity index (χ0n) is 13.6. The first-order valence-electron chi connectivity index (χ1n) is 7.77. The van der Waals surface area contributed by atoms with Crippen LogP contribution < -0.4 is 14.8 Å². The van der Waals surface area contributed by atoms with Crippen LogP contribution in [0.25, 0.3) is 10.9 Å². The molecule has 0 fully saturated rings. The predicted octanol–water partition coefficient (Wildman–Crippen LogP) is 4.74. The minimum Gasteiger partial charge on any atom is -0.493 e. The van der Waals surface area contributed by atoms with Crippen LogP contribution in [0, 0.1) is 0 Å². The van der Waals surface area contributed by atoms with E-state index in [1.165, 1.54) is 11.3 Å². The number of fused-ring (bicyclic) bond motifs is 2. The molecule has 0 amide bonds. The number of rotatable bonds is 4. The maximum Gasteiger partial charge on any atom is 0.162 e. The largest absolute Gasteiger partial charge is 0.493 e. The van der Waals surface area contributed by atoms with E-state index in [4.69, 9.17) is 14.5 Å². The van der Waals surface area contributed by atoms with Crippen LogP contribution in [0.2, 0.25) is 0 Å². The lowest BCUT2D eigenvalue weighted by Crippen LogP contribution is -2.00. The summed E-state index contributed by atoms with van der Waals surface area (Å²) in [4.78, 5) is 4.81. The molecule has 5 heteroatoms. The van der Waals surface area contributed by atoms with Crippen molar-refractivity contribution in [2.45, 2.75) is 11.5 Å². The fourth-order valence-corrected chi connectivity index (χ4v) is 4.08. The lowest BCUT2D eigenvalue weighted by molar-refractivity contribution is 0.355. The van der Waals surface area contributed by atoms with Gasteiger partial charge in [0.1, 0.15) is 0 Å². The standard InChI is InChI=1S/C19H18N2O2S/c1-22-17-8-7-12(9-18(17)23-2)20-19-13-5-3-4-6-15(13)21-16-11-24-10-14(16)19/h3-9H,10-11H2,1-2H3,(H,20,21). The molecular weight excluding hydrogens is 320 g/mol. The van der Waals surface area contributed by atoms with E-state index in [-0.39, 0.29) is 0 Å². The van der Waals surface area contributed by atoms with Crippen LogP contribution in [0.4, 0.5) is 11.4 Å². The Labute approximate surface area is 145 Å². The number of anilines is 2. The first-order chi connectivity index (χ1) is 11.8. The van der Waals surface area contributed by atoms with Gasteiger partial charge in [0.05, 0.1) is 31.1 Å². The smallest absolute Gasteiger partial charge is 0.162 e. The van der Waals surface area contributed by atoms with Crippen molar-refractivity contribution in [3.05, 3.63) is 53.7 Å². The number of nitrogens with one attached hydrogen (secondary N) is 1. The van der Waals surface area contributed by atoms with Crippen molar-refractivity contribution in [2.24, 2.45) is 0 Å². The Morgan fingerprint density at radius 3 is 2.67 bits per heavy atom. The molecule has 1 aliphatic rings. The Morgan fingerprint density at radius 2 is 1.83 bits per heavy atom. The molecule has 0 atom stereocenters. The van der Waals surface area contributed by atoms with E-state index in [0.29, 0.717) is 5.75 Å². The SMILES string of the molecule is COc1ccc(Nc2c3c(nc4ccccc24)CSC3)cc1OC. The molecule has 0 unspecified atom stereocenters. The molecule has 2 aromatic carbocycles. The number of benzene rings is 2. The number of pyridine rings is 1. The van der Waals surface area contributed by atoms with Gasteiger partial charge in [-0.05, 0) is 18.2 Å². The Morgan fingerprint density at radius 1 is 1.00 bits per heavy atom. The van der Waals surface area contributed by atoms with E-state index in [2.05, 4.69) is 23.5 Å². The van der Waals surface area contributed by atoms with E-state index >= 15 is 0 Å². The van der Waals surface area contributed by atoms with Crippen LogP contribution in [-0.4, -0.2) is 19.2 Å². The number of aromatic nitrogens is 1. The molecule has 122 valence electrons. The fraction of sp³-hybridized carbons (Fsp3) is 0.211. The second kappa shape index (κ2) is 6.24. The van der Waals surface area contributed by atoms with Gasteiger partial charge in [0.15, 0.2) is 11.5 Å². The summed E-state index contributed by atoms with van der Waals surface area (Å²) in [5.74, 6) is 3.40. The van der Waals surface area contributed by atoms with Crippen molar-refractivity contribution in [1.82, 2.24) is 4.98 Å². The monoisotopic (exact) mass is 338 g/mol. The molecule has 1 N–H and O–H groups in total. The second-order valence-corrected chi connectivity index (χ2v) is 6.60. The zero-order chi connectivity index (χ0) is 16.5. The Balaban J connectivity index is 1.83. The number of hydrogen-bond acceptors (Lipinski definition) is 5. The second-order valence-electron chi connectivity index (χ2n) is 5.62. The highest BCUT2D eigenvalue weighted by atomic mass is 32.2. The van der Waals surface area contributed by atoms with Crippen molar-refractivity contribution < 1.29 is 9.47 Å². The average molecular weight is 338 g/mol. The van der Waals surface area contributed by atoms with Crippen molar-refractivity contribution >= 4 is 34.0 Å². The van der Waals surface area contributed by atoms with Gasteiger partial charge in [-0.1, -0.05) is 18.2 Å². The first kappa shape index (κ1) is 15.1. The molecule has 2 heterocycles.